The number of hydrogen-bond donors (Lipinski definition) is 4. The topological polar surface area (TPSA) is 107 Å². The van der Waals surface area contributed by atoms with Gasteiger partial charge in [0, 0.05) is 33.0 Å². The van der Waals surface area contributed by atoms with Crippen molar-refractivity contribution in [1.82, 2.24) is 20.6 Å². The van der Waals surface area contributed by atoms with Crippen LogP contribution in [0.1, 0.15) is 10.6 Å². The average Bonchev–Trinajstić information content (AvgIpc) is 3.07. The minimum Gasteiger partial charge on any atom is -0.480 e. The van der Waals surface area contributed by atoms with Crippen molar-refractivity contribution in [2.24, 2.45) is 0 Å². The molecule has 0 saturated heterocycles. The predicted octanol–water partition coefficient (Wildman–Crippen LogP) is 1.73. The Kier molecular flexibility index (Phi) is 5.34. The van der Waals surface area contributed by atoms with Gasteiger partial charge in [-0.15, -0.1) is 11.3 Å². The lowest BCUT2D eigenvalue weighted by Crippen LogP contribution is -2.46. The van der Waals surface area contributed by atoms with E-state index in [0.29, 0.717) is 12.2 Å². The lowest BCUT2D eigenvalue weighted by molar-refractivity contribution is -0.139. The molecule has 0 aliphatic rings. The molecule has 0 radical (unpaired) electrons. The van der Waals surface area contributed by atoms with Crippen LogP contribution in [0, 0.1) is 0 Å². The van der Waals surface area contributed by atoms with Gasteiger partial charge in [0.15, 0.2) is 0 Å². The summed E-state index contributed by atoms with van der Waals surface area (Å²) in [6.45, 7) is 0.346. The number of urea groups is 1. The van der Waals surface area contributed by atoms with E-state index in [1.807, 2.05) is 11.4 Å². The van der Waals surface area contributed by atoms with Crippen LogP contribution in [0.4, 0.5) is 4.79 Å². The maximum atomic E-state index is 11.7. The number of aromatic amines is 1. The molecule has 0 aromatic carbocycles. The normalized spacial score (nSPS) is 11.9. The summed E-state index contributed by atoms with van der Waals surface area (Å²) < 4.78 is 0.951. The third-order valence-corrected chi connectivity index (χ3v) is 4.32. The minimum absolute atomic E-state index is 0.146. The van der Waals surface area contributed by atoms with Crippen LogP contribution in [0.2, 0.25) is 0 Å². The van der Waals surface area contributed by atoms with E-state index >= 15 is 0 Å². The molecule has 0 aliphatic heterocycles. The van der Waals surface area contributed by atoms with Crippen LogP contribution in [0.15, 0.2) is 28.4 Å². The number of aromatic nitrogens is 2. The van der Waals surface area contributed by atoms with Crippen molar-refractivity contribution in [3.63, 3.8) is 0 Å². The molecule has 0 fully saturated rings. The monoisotopic (exact) mass is 372 g/mol. The first-order valence-electron chi connectivity index (χ1n) is 6.02. The number of nitrogens with zero attached hydrogens (tertiary/aromatic N) is 1. The number of carboxylic acid groups (broad SMARTS) is 1. The summed E-state index contributed by atoms with van der Waals surface area (Å²) in [5.41, 5.74) is 0.643. The lowest BCUT2D eigenvalue weighted by Gasteiger charge is -2.14. The standard InChI is InChI=1S/C12H13BrN4O3S/c13-7-1-9(21-5-7)4-15-12(20)17-10(11(18)19)2-8-3-14-6-16-8/h1,3,5-6,10H,2,4H2,(H,14,16)(H,18,19)(H2,15,17,20). The molecule has 2 amide bonds. The van der Waals surface area contributed by atoms with Gasteiger partial charge in [0.05, 0.1) is 12.9 Å². The minimum atomic E-state index is -1.10. The van der Waals surface area contributed by atoms with Crippen molar-refractivity contribution >= 4 is 39.3 Å². The van der Waals surface area contributed by atoms with Crippen molar-refractivity contribution in [2.75, 3.05) is 0 Å². The van der Waals surface area contributed by atoms with Gasteiger partial charge in [0.1, 0.15) is 6.04 Å². The largest absolute Gasteiger partial charge is 0.480 e. The Bertz CT molecular complexity index is 614. The van der Waals surface area contributed by atoms with Crippen molar-refractivity contribution in [1.29, 1.82) is 0 Å². The Morgan fingerprint density at radius 3 is 2.90 bits per heavy atom. The Balaban J connectivity index is 1.84. The van der Waals surface area contributed by atoms with E-state index in [9.17, 15) is 9.59 Å². The van der Waals surface area contributed by atoms with Gasteiger partial charge < -0.3 is 20.7 Å². The number of carbonyl (C=O) groups excluding carboxylic acids is 1. The van der Waals surface area contributed by atoms with Crippen LogP contribution in [-0.2, 0) is 17.8 Å². The number of H-pyrrole nitrogens is 1. The number of imidazole rings is 1. The van der Waals surface area contributed by atoms with Crippen molar-refractivity contribution < 1.29 is 14.7 Å². The number of hydrogen-bond acceptors (Lipinski definition) is 4. The fourth-order valence-electron chi connectivity index (χ4n) is 1.64. The summed E-state index contributed by atoms with van der Waals surface area (Å²) in [7, 11) is 0. The second-order valence-electron chi connectivity index (χ2n) is 4.23. The number of aliphatic carboxylic acids is 1. The molecular weight excluding hydrogens is 360 g/mol. The highest BCUT2D eigenvalue weighted by Gasteiger charge is 2.20. The Morgan fingerprint density at radius 1 is 1.52 bits per heavy atom. The van der Waals surface area contributed by atoms with Crippen LogP contribution in [0.3, 0.4) is 0 Å². The van der Waals surface area contributed by atoms with Crippen molar-refractivity contribution in [3.05, 3.63) is 39.0 Å². The molecule has 0 bridgehead atoms. The van der Waals surface area contributed by atoms with Gasteiger partial charge in [-0.1, -0.05) is 0 Å². The number of amides is 2. The molecule has 112 valence electrons. The second-order valence-corrected chi connectivity index (χ2v) is 6.14. The zero-order chi connectivity index (χ0) is 15.2. The smallest absolute Gasteiger partial charge is 0.326 e. The van der Waals surface area contributed by atoms with Crippen LogP contribution in [-0.4, -0.2) is 33.1 Å². The van der Waals surface area contributed by atoms with E-state index in [-0.39, 0.29) is 6.42 Å². The number of carbonyl (C=O) groups is 2. The van der Waals surface area contributed by atoms with Gasteiger partial charge in [-0.05, 0) is 22.0 Å². The molecule has 0 aliphatic carbocycles. The predicted molar refractivity (Wildman–Crippen MR) is 81.1 cm³/mol. The number of carboxylic acids is 1. The van der Waals surface area contributed by atoms with Crippen LogP contribution in [0.25, 0.3) is 0 Å². The fourth-order valence-corrected chi connectivity index (χ4v) is 3.03. The molecule has 2 rings (SSSR count). The van der Waals surface area contributed by atoms with Crippen molar-refractivity contribution in [3.8, 4) is 0 Å². The first-order valence-corrected chi connectivity index (χ1v) is 7.69. The number of halogens is 1. The molecule has 7 nitrogen and oxygen atoms in total. The third kappa shape index (κ3) is 4.87. The first kappa shape index (κ1) is 15.5. The van der Waals surface area contributed by atoms with E-state index in [4.69, 9.17) is 5.11 Å². The van der Waals surface area contributed by atoms with Gasteiger partial charge in [-0.3, -0.25) is 0 Å². The first-order chi connectivity index (χ1) is 10.0. The Hall–Kier alpha value is -1.87. The second kappa shape index (κ2) is 7.23. The van der Waals surface area contributed by atoms with Crippen LogP contribution >= 0.6 is 27.3 Å². The number of rotatable bonds is 6. The van der Waals surface area contributed by atoms with Crippen molar-refractivity contribution in [2.45, 2.75) is 19.0 Å². The summed E-state index contributed by atoms with van der Waals surface area (Å²) >= 11 is 4.83. The van der Waals surface area contributed by atoms with E-state index < -0.39 is 18.0 Å². The van der Waals surface area contributed by atoms with E-state index in [1.54, 1.807) is 0 Å². The van der Waals surface area contributed by atoms with E-state index in [1.165, 1.54) is 23.9 Å². The molecule has 2 aromatic heterocycles. The molecule has 4 N–H and O–H groups in total. The molecule has 1 atom stereocenters. The molecule has 2 aromatic rings. The zero-order valence-corrected chi connectivity index (χ0v) is 13.2. The Labute approximate surface area is 132 Å². The number of thiophene rings is 1. The summed E-state index contributed by atoms with van der Waals surface area (Å²) in [6.07, 6.45) is 3.13. The molecule has 9 heteroatoms. The van der Waals surface area contributed by atoms with E-state index in [2.05, 4.69) is 36.5 Å². The molecule has 2 heterocycles. The Morgan fingerprint density at radius 2 is 2.33 bits per heavy atom. The summed E-state index contributed by atoms with van der Waals surface area (Å²) in [5.74, 6) is -1.10. The van der Waals surface area contributed by atoms with Crippen LogP contribution < -0.4 is 10.6 Å². The summed E-state index contributed by atoms with van der Waals surface area (Å²) in [5, 5.41) is 16.1. The van der Waals surface area contributed by atoms with E-state index in [0.717, 1.165) is 9.35 Å². The number of nitrogens with one attached hydrogen (secondary N) is 3. The highest BCUT2D eigenvalue weighted by atomic mass is 79.9. The SMILES string of the molecule is O=C(NCc1cc(Br)cs1)NC(Cc1cnc[nH]1)C(=O)O. The summed E-state index contributed by atoms with van der Waals surface area (Å²) in [6, 6.07) is 0.358. The van der Waals surface area contributed by atoms with Gasteiger partial charge in [-0.2, -0.15) is 0 Å². The summed E-state index contributed by atoms with van der Waals surface area (Å²) in [4.78, 5) is 30.5. The highest BCUT2D eigenvalue weighted by Crippen LogP contribution is 2.19. The molecule has 21 heavy (non-hydrogen) atoms. The molecule has 1 unspecified atom stereocenters. The lowest BCUT2D eigenvalue weighted by atomic mass is 10.2. The zero-order valence-electron chi connectivity index (χ0n) is 10.8. The molecule has 0 saturated carbocycles. The average molecular weight is 373 g/mol. The fraction of sp³-hybridized carbons (Fsp3) is 0.250. The van der Waals surface area contributed by atoms with Gasteiger partial charge in [0.25, 0.3) is 0 Å². The van der Waals surface area contributed by atoms with Gasteiger partial charge >= 0.3 is 12.0 Å². The molecule has 0 spiro atoms. The van der Waals surface area contributed by atoms with Crippen LogP contribution in [0.5, 0.6) is 0 Å². The maximum Gasteiger partial charge on any atom is 0.326 e. The third-order valence-electron chi connectivity index (χ3n) is 2.63. The highest BCUT2D eigenvalue weighted by molar-refractivity contribution is 9.10. The maximum absolute atomic E-state index is 11.7. The quantitative estimate of drug-likeness (QED) is 0.619. The molecular formula is C12H13BrN4O3S. The van der Waals surface area contributed by atoms with Gasteiger partial charge in [-0.25, -0.2) is 14.6 Å². The van der Waals surface area contributed by atoms with Gasteiger partial charge in [0.2, 0.25) is 0 Å².